The summed E-state index contributed by atoms with van der Waals surface area (Å²) in [5, 5.41) is 7.85. The number of guanidine groups is 1. The molecule has 140 valence electrons. The monoisotopic (exact) mass is 460 g/mol. The van der Waals surface area contributed by atoms with Crippen molar-refractivity contribution in [3.05, 3.63) is 34.8 Å². The van der Waals surface area contributed by atoms with Gasteiger partial charge in [-0.3, -0.25) is 9.67 Å². The molecule has 0 fully saturated rings. The van der Waals surface area contributed by atoms with Crippen LogP contribution in [0.3, 0.4) is 0 Å². The molecule has 0 aliphatic rings. The second kappa shape index (κ2) is 9.21. The number of hydrogen-bond acceptors (Lipinski definition) is 4. The maximum absolute atomic E-state index is 5.60. The van der Waals surface area contributed by atoms with Crippen LogP contribution in [-0.2, 0) is 20.1 Å². The van der Waals surface area contributed by atoms with Crippen LogP contribution in [0.5, 0.6) is 0 Å². The lowest BCUT2D eigenvalue weighted by molar-refractivity contribution is 0.441. The maximum atomic E-state index is 5.60. The van der Waals surface area contributed by atoms with Crippen molar-refractivity contribution in [1.82, 2.24) is 25.0 Å². The van der Waals surface area contributed by atoms with E-state index in [4.69, 9.17) is 4.42 Å². The van der Waals surface area contributed by atoms with E-state index >= 15 is 0 Å². The van der Waals surface area contributed by atoms with Gasteiger partial charge < -0.3 is 14.6 Å². The molecule has 1 N–H and O–H groups in total. The Bertz CT molecular complexity index is 699. The van der Waals surface area contributed by atoms with E-state index in [0.717, 1.165) is 29.7 Å². The van der Waals surface area contributed by atoms with Crippen LogP contribution in [0.2, 0.25) is 0 Å². The van der Waals surface area contributed by atoms with Crippen molar-refractivity contribution in [3.63, 3.8) is 0 Å². The van der Waals surface area contributed by atoms with Crippen LogP contribution in [0, 0.1) is 13.8 Å². The molecule has 2 rings (SSSR count). The van der Waals surface area contributed by atoms with Gasteiger partial charge in [0.1, 0.15) is 5.76 Å². The minimum atomic E-state index is 0. The predicted octanol–water partition coefficient (Wildman–Crippen LogP) is 2.97. The van der Waals surface area contributed by atoms with Crippen molar-refractivity contribution in [3.8, 4) is 0 Å². The fraction of sp³-hybridized carbons (Fsp3) is 0.588. The molecule has 0 radical (unpaired) electrons. The summed E-state index contributed by atoms with van der Waals surface area (Å²) in [6.07, 6.45) is 2.07. The van der Waals surface area contributed by atoms with Crippen LogP contribution < -0.4 is 5.32 Å². The van der Waals surface area contributed by atoms with E-state index in [1.54, 1.807) is 7.05 Å². The fourth-order valence-electron chi connectivity index (χ4n) is 2.65. The first-order chi connectivity index (χ1) is 11.3. The average Bonchev–Trinajstić information content (AvgIpc) is 3.02. The summed E-state index contributed by atoms with van der Waals surface area (Å²) in [4.78, 5) is 10.8. The molecule has 0 aliphatic carbocycles. The molecule has 0 aromatic carbocycles. The van der Waals surface area contributed by atoms with Gasteiger partial charge in [-0.2, -0.15) is 5.10 Å². The lowest BCUT2D eigenvalue weighted by Gasteiger charge is -2.21. The van der Waals surface area contributed by atoms with Gasteiger partial charge in [0.05, 0.1) is 17.9 Å². The standard InChI is InChI=1S/C17H28N6O.HI/c1-11(2)16-14(10-23(7)21-16)9-22(6)17(18-5)19-8-15-20-12(3)13(4)24-15;/h10-11H,8-9H2,1-7H3,(H,18,19);1H. The maximum Gasteiger partial charge on any atom is 0.214 e. The van der Waals surface area contributed by atoms with Crippen molar-refractivity contribution < 1.29 is 4.42 Å². The van der Waals surface area contributed by atoms with Crippen LogP contribution in [0.15, 0.2) is 15.6 Å². The van der Waals surface area contributed by atoms with Crippen LogP contribution in [0.4, 0.5) is 0 Å². The minimum Gasteiger partial charge on any atom is -0.444 e. The molecule has 0 atom stereocenters. The van der Waals surface area contributed by atoms with Crippen LogP contribution in [-0.4, -0.2) is 39.7 Å². The summed E-state index contributed by atoms with van der Waals surface area (Å²) < 4.78 is 7.47. The van der Waals surface area contributed by atoms with Gasteiger partial charge in [-0.1, -0.05) is 13.8 Å². The average molecular weight is 460 g/mol. The second-order valence-electron chi connectivity index (χ2n) is 6.37. The molecule has 2 heterocycles. The van der Waals surface area contributed by atoms with Crippen LogP contribution >= 0.6 is 24.0 Å². The van der Waals surface area contributed by atoms with E-state index in [1.165, 1.54) is 5.56 Å². The number of oxazole rings is 1. The first kappa shape index (κ1) is 21.5. The first-order valence-electron chi connectivity index (χ1n) is 8.19. The zero-order valence-corrected chi connectivity index (χ0v) is 18.5. The molecule has 0 bridgehead atoms. The van der Waals surface area contributed by atoms with E-state index < -0.39 is 0 Å². The molecule has 8 heteroatoms. The summed E-state index contributed by atoms with van der Waals surface area (Å²) >= 11 is 0. The number of aliphatic imine (C=N–C) groups is 1. The molecule has 0 saturated heterocycles. The molecular weight excluding hydrogens is 431 g/mol. The summed E-state index contributed by atoms with van der Waals surface area (Å²) in [6, 6.07) is 0. The minimum absolute atomic E-state index is 0. The van der Waals surface area contributed by atoms with Gasteiger partial charge >= 0.3 is 0 Å². The highest BCUT2D eigenvalue weighted by molar-refractivity contribution is 14.0. The number of nitrogens with zero attached hydrogens (tertiary/aromatic N) is 5. The highest BCUT2D eigenvalue weighted by Gasteiger charge is 2.15. The molecule has 2 aromatic rings. The van der Waals surface area contributed by atoms with E-state index in [2.05, 4.69) is 45.3 Å². The van der Waals surface area contributed by atoms with Crippen molar-refractivity contribution in [1.29, 1.82) is 0 Å². The zero-order valence-electron chi connectivity index (χ0n) is 16.1. The SMILES string of the molecule is CN=C(NCc1nc(C)c(C)o1)N(C)Cc1cn(C)nc1C(C)C.I. The van der Waals surface area contributed by atoms with Gasteiger partial charge in [0.2, 0.25) is 5.89 Å². The molecule has 25 heavy (non-hydrogen) atoms. The zero-order chi connectivity index (χ0) is 17.9. The van der Waals surface area contributed by atoms with Crippen LogP contribution in [0.1, 0.15) is 48.4 Å². The first-order valence-corrected chi connectivity index (χ1v) is 8.19. The highest BCUT2D eigenvalue weighted by Crippen LogP contribution is 2.18. The largest absolute Gasteiger partial charge is 0.444 e. The predicted molar refractivity (Wildman–Crippen MR) is 110 cm³/mol. The molecule has 0 aliphatic heterocycles. The van der Waals surface area contributed by atoms with E-state index in [-0.39, 0.29) is 24.0 Å². The number of hydrogen-bond donors (Lipinski definition) is 1. The normalized spacial score (nSPS) is 11.6. The molecule has 0 unspecified atom stereocenters. The third-order valence-corrected chi connectivity index (χ3v) is 3.94. The lowest BCUT2D eigenvalue weighted by Crippen LogP contribution is -2.38. The van der Waals surface area contributed by atoms with E-state index in [0.29, 0.717) is 18.4 Å². The second-order valence-corrected chi connectivity index (χ2v) is 6.37. The van der Waals surface area contributed by atoms with Gasteiger partial charge in [-0.15, -0.1) is 24.0 Å². The Morgan fingerprint density at radius 3 is 2.60 bits per heavy atom. The van der Waals surface area contributed by atoms with Crippen LogP contribution in [0.25, 0.3) is 0 Å². The Morgan fingerprint density at radius 1 is 1.40 bits per heavy atom. The molecular formula is C17H29IN6O. The van der Waals surface area contributed by atoms with Gasteiger partial charge in [-0.25, -0.2) is 4.98 Å². The Morgan fingerprint density at radius 2 is 2.08 bits per heavy atom. The van der Waals surface area contributed by atoms with Gasteiger partial charge in [0, 0.05) is 39.4 Å². The lowest BCUT2D eigenvalue weighted by atomic mass is 10.1. The molecule has 7 nitrogen and oxygen atoms in total. The molecule has 0 saturated carbocycles. The highest BCUT2D eigenvalue weighted by atomic mass is 127. The Labute approximate surface area is 166 Å². The number of aromatic nitrogens is 3. The van der Waals surface area contributed by atoms with Crippen molar-refractivity contribution in [2.45, 2.75) is 46.7 Å². The number of halogens is 1. The fourth-order valence-corrected chi connectivity index (χ4v) is 2.65. The van der Waals surface area contributed by atoms with E-state index in [1.807, 2.05) is 32.6 Å². The smallest absolute Gasteiger partial charge is 0.214 e. The summed E-state index contributed by atoms with van der Waals surface area (Å²) in [5.74, 6) is 2.71. The molecule has 0 amide bonds. The topological polar surface area (TPSA) is 71.5 Å². The molecule has 2 aromatic heterocycles. The van der Waals surface area contributed by atoms with Gasteiger partial charge in [-0.05, 0) is 19.8 Å². The van der Waals surface area contributed by atoms with Crippen molar-refractivity contribution >= 4 is 29.9 Å². The molecule has 0 spiro atoms. The summed E-state index contributed by atoms with van der Waals surface area (Å²) in [5.41, 5.74) is 3.26. The quantitative estimate of drug-likeness (QED) is 0.422. The van der Waals surface area contributed by atoms with Gasteiger partial charge in [0.15, 0.2) is 5.96 Å². The summed E-state index contributed by atoms with van der Waals surface area (Å²) in [7, 11) is 5.74. The third kappa shape index (κ3) is 5.45. The number of rotatable bonds is 5. The number of aryl methyl sites for hydroxylation is 3. The van der Waals surface area contributed by atoms with Crippen molar-refractivity contribution in [2.75, 3.05) is 14.1 Å². The Balaban J connectivity index is 0.00000312. The summed E-state index contributed by atoms with van der Waals surface area (Å²) in [6.45, 7) is 9.43. The van der Waals surface area contributed by atoms with Crippen molar-refractivity contribution in [2.24, 2.45) is 12.0 Å². The Kier molecular flexibility index (Phi) is 7.91. The third-order valence-electron chi connectivity index (χ3n) is 3.94. The van der Waals surface area contributed by atoms with Gasteiger partial charge in [0.25, 0.3) is 0 Å². The van der Waals surface area contributed by atoms with E-state index in [9.17, 15) is 0 Å². The number of nitrogens with one attached hydrogen (secondary N) is 1. The Hall–Kier alpha value is -1.58.